The van der Waals surface area contributed by atoms with Gasteiger partial charge < -0.3 is 15.5 Å². The number of amides is 1. The number of carbonyl (C=O) groups excluding carboxylic acids is 1. The molecule has 1 saturated heterocycles. The van der Waals surface area contributed by atoms with Gasteiger partial charge in [0, 0.05) is 26.3 Å². The lowest BCUT2D eigenvalue weighted by Gasteiger charge is -2.15. The molecule has 104 valence electrons. The fourth-order valence-corrected chi connectivity index (χ4v) is 2.22. The summed E-state index contributed by atoms with van der Waals surface area (Å²) >= 11 is 0. The minimum Gasteiger partial charge on any atom is -0.371 e. The third-order valence-electron chi connectivity index (χ3n) is 3.28. The number of hydrogen-bond donors (Lipinski definition) is 2. The molecule has 5 nitrogen and oxygen atoms in total. The monoisotopic (exact) mass is 266 g/mol. The molecule has 19 heavy (non-hydrogen) atoms. The van der Waals surface area contributed by atoms with E-state index in [9.17, 15) is 9.18 Å². The van der Waals surface area contributed by atoms with Crippen LogP contribution in [0.3, 0.4) is 0 Å². The van der Waals surface area contributed by atoms with Crippen LogP contribution in [-0.4, -0.2) is 49.0 Å². The normalized spacial score (nSPS) is 15.5. The van der Waals surface area contributed by atoms with Crippen molar-refractivity contribution in [2.75, 3.05) is 38.5 Å². The van der Waals surface area contributed by atoms with Crippen molar-refractivity contribution in [3.8, 4) is 0 Å². The molecule has 1 aliphatic rings. The van der Waals surface area contributed by atoms with Gasteiger partial charge in [0.2, 0.25) is 0 Å². The fraction of sp³-hybridized carbons (Fsp3) is 0.538. The van der Waals surface area contributed by atoms with Gasteiger partial charge in [0.1, 0.15) is 0 Å². The molecule has 0 unspecified atom stereocenters. The van der Waals surface area contributed by atoms with Gasteiger partial charge in [-0.05, 0) is 32.0 Å². The highest BCUT2D eigenvalue weighted by Gasteiger charge is 2.16. The highest BCUT2D eigenvalue weighted by molar-refractivity contribution is 5.95. The summed E-state index contributed by atoms with van der Waals surface area (Å²) in [6.45, 7) is 3.53. The van der Waals surface area contributed by atoms with E-state index in [2.05, 4.69) is 20.5 Å². The Morgan fingerprint density at radius 3 is 2.89 bits per heavy atom. The van der Waals surface area contributed by atoms with Crippen molar-refractivity contribution in [2.45, 2.75) is 12.8 Å². The van der Waals surface area contributed by atoms with Gasteiger partial charge >= 0.3 is 0 Å². The molecule has 0 aliphatic carbocycles. The quantitative estimate of drug-likeness (QED) is 0.837. The second-order valence-electron chi connectivity index (χ2n) is 4.58. The largest absolute Gasteiger partial charge is 0.371 e. The molecule has 0 saturated carbocycles. The summed E-state index contributed by atoms with van der Waals surface area (Å²) in [4.78, 5) is 18.0. The first kappa shape index (κ1) is 13.7. The number of aromatic nitrogens is 1. The SMILES string of the molecule is CNc1nccc(C(=O)NCCN2CCCC2)c1F. The number of halogens is 1. The molecule has 0 bridgehead atoms. The van der Waals surface area contributed by atoms with Gasteiger partial charge in [-0.3, -0.25) is 4.79 Å². The van der Waals surface area contributed by atoms with Crippen LogP contribution >= 0.6 is 0 Å². The second kappa shape index (κ2) is 6.47. The van der Waals surface area contributed by atoms with Gasteiger partial charge in [-0.1, -0.05) is 0 Å². The van der Waals surface area contributed by atoms with Crippen molar-refractivity contribution in [1.82, 2.24) is 15.2 Å². The molecule has 0 atom stereocenters. The highest BCUT2D eigenvalue weighted by Crippen LogP contribution is 2.14. The average molecular weight is 266 g/mol. The lowest BCUT2D eigenvalue weighted by molar-refractivity contribution is 0.0945. The Labute approximate surface area is 112 Å². The summed E-state index contributed by atoms with van der Waals surface area (Å²) in [5, 5.41) is 5.36. The van der Waals surface area contributed by atoms with Crippen molar-refractivity contribution in [1.29, 1.82) is 0 Å². The standard InChI is InChI=1S/C13H19FN4O/c1-15-12-11(14)10(4-5-16-12)13(19)17-6-9-18-7-2-3-8-18/h4-5H,2-3,6-9H2,1H3,(H,15,16)(H,17,19). The predicted octanol–water partition coefficient (Wildman–Crippen LogP) is 1.09. The predicted molar refractivity (Wildman–Crippen MR) is 71.7 cm³/mol. The molecule has 0 spiro atoms. The van der Waals surface area contributed by atoms with E-state index in [1.807, 2.05) is 0 Å². The maximum Gasteiger partial charge on any atom is 0.254 e. The van der Waals surface area contributed by atoms with Crippen LogP contribution in [0.1, 0.15) is 23.2 Å². The van der Waals surface area contributed by atoms with Gasteiger partial charge in [0.15, 0.2) is 11.6 Å². The van der Waals surface area contributed by atoms with Crippen molar-refractivity contribution >= 4 is 11.7 Å². The highest BCUT2D eigenvalue weighted by atomic mass is 19.1. The number of hydrogen-bond acceptors (Lipinski definition) is 4. The zero-order chi connectivity index (χ0) is 13.7. The van der Waals surface area contributed by atoms with E-state index >= 15 is 0 Å². The number of nitrogens with one attached hydrogen (secondary N) is 2. The van der Waals surface area contributed by atoms with Crippen molar-refractivity contribution in [2.24, 2.45) is 0 Å². The molecule has 6 heteroatoms. The maximum atomic E-state index is 13.9. The summed E-state index contributed by atoms with van der Waals surface area (Å²) < 4.78 is 13.9. The second-order valence-corrected chi connectivity index (χ2v) is 4.58. The summed E-state index contributed by atoms with van der Waals surface area (Å²) in [5.74, 6) is -0.911. The average Bonchev–Trinajstić information content (AvgIpc) is 2.92. The van der Waals surface area contributed by atoms with E-state index in [1.54, 1.807) is 7.05 Å². The molecule has 0 radical (unpaired) electrons. The Hall–Kier alpha value is -1.69. The fourth-order valence-electron chi connectivity index (χ4n) is 2.22. The Morgan fingerprint density at radius 1 is 1.47 bits per heavy atom. The van der Waals surface area contributed by atoms with E-state index in [0.29, 0.717) is 6.54 Å². The van der Waals surface area contributed by atoms with E-state index in [0.717, 1.165) is 19.6 Å². The van der Waals surface area contributed by atoms with Gasteiger partial charge in [0.25, 0.3) is 5.91 Å². The molecule has 2 rings (SSSR count). The Bertz CT molecular complexity index is 446. The zero-order valence-electron chi connectivity index (χ0n) is 11.1. The molecule has 2 N–H and O–H groups in total. The molecule has 1 aromatic heterocycles. The number of carbonyl (C=O) groups is 1. The summed E-state index contributed by atoms with van der Waals surface area (Å²) in [6.07, 6.45) is 3.86. The zero-order valence-corrected chi connectivity index (χ0v) is 11.1. The smallest absolute Gasteiger partial charge is 0.254 e. The topological polar surface area (TPSA) is 57.3 Å². The van der Waals surface area contributed by atoms with Crippen LogP contribution in [0.2, 0.25) is 0 Å². The summed E-state index contributed by atoms with van der Waals surface area (Å²) in [6, 6.07) is 1.39. The lowest BCUT2D eigenvalue weighted by Crippen LogP contribution is -2.33. The van der Waals surface area contributed by atoms with Crippen LogP contribution in [0.25, 0.3) is 0 Å². The number of likely N-dealkylation sites (tertiary alicyclic amines) is 1. The van der Waals surface area contributed by atoms with Crippen LogP contribution in [0.5, 0.6) is 0 Å². The molecule has 2 heterocycles. The van der Waals surface area contributed by atoms with Crippen molar-refractivity contribution in [3.05, 3.63) is 23.6 Å². The molecule has 0 aromatic carbocycles. The van der Waals surface area contributed by atoms with Crippen LogP contribution in [0.4, 0.5) is 10.2 Å². The molecular formula is C13H19FN4O. The van der Waals surface area contributed by atoms with Crippen LogP contribution in [0, 0.1) is 5.82 Å². The summed E-state index contributed by atoms with van der Waals surface area (Å²) in [7, 11) is 1.57. The maximum absolute atomic E-state index is 13.9. The Kier molecular flexibility index (Phi) is 4.68. The van der Waals surface area contributed by atoms with Crippen LogP contribution in [-0.2, 0) is 0 Å². The van der Waals surface area contributed by atoms with Crippen molar-refractivity contribution < 1.29 is 9.18 Å². The van der Waals surface area contributed by atoms with Gasteiger partial charge in [-0.2, -0.15) is 0 Å². The van der Waals surface area contributed by atoms with Crippen LogP contribution in [0.15, 0.2) is 12.3 Å². The first-order valence-electron chi connectivity index (χ1n) is 6.55. The number of anilines is 1. The van der Waals surface area contributed by atoms with E-state index in [4.69, 9.17) is 0 Å². The van der Waals surface area contributed by atoms with Gasteiger partial charge in [-0.25, -0.2) is 9.37 Å². The van der Waals surface area contributed by atoms with Gasteiger partial charge in [0.05, 0.1) is 5.56 Å². The molecule has 1 aliphatic heterocycles. The Morgan fingerprint density at radius 2 is 2.21 bits per heavy atom. The van der Waals surface area contributed by atoms with E-state index in [1.165, 1.54) is 25.1 Å². The number of rotatable bonds is 5. The molecular weight excluding hydrogens is 247 g/mol. The number of pyridine rings is 1. The first-order chi connectivity index (χ1) is 9.22. The molecule has 1 aromatic rings. The van der Waals surface area contributed by atoms with E-state index in [-0.39, 0.29) is 11.4 Å². The molecule has 1 fully saturated rings. The minimum atomic E-state index is -0.608. The van der Waals surface area contributed by atoms with E-state index < -0.39 is 11.7 Å². The molecule has 1 amide bonds. The Balaban J connectivity index is 1.88. The van der Waals surface area contributed by atoms with Crippen molar-refractivity contribution in [3.63, 3.8) is 0 Å². The lowest BCUT2D eigenvalue weighted by atomic mass is 10.2. The van der Waals surface area contributed by atoms with Crippen LogP contribution < -0.4 is 10.6 Å². The number of nitrogens with zero attached hydrogens (tertiary/aromatic N) is 2. The summed E-state index contributed by atoms with van der Waals surface area (Å²) in [5.41, 5.74) is 0.0285. The third kappa shape index (κ3) is 3.41. The minimum absolute atomic E-state index is 0.0285. The van der Waals surface area contributed by atoms with Gasteiger partial charge in [-0.15, -0.1) is 0 Å². The third-order valence-corrected chi connectivity index (χ3v) is 3.28. The first-order valence-corrected chi connectivity index (χ1v) is 6.55.